The van der Waals surface area contributed by atoms with Crippen LogP contribution in [-0.4, -0.2) is 31.4 Å². The third-order valence-corrected chi connectivity index (χ3v) is 1.98. The molecule has 4 nitrogen and oxygen atoms in total. The Balaban J connectivity index is 2.68. The molecule has 5 heteroatoms. The fraction of sp³-hybridized carbons (Fsp3) is 0.300. The number of halogens is 1. The molecule has 0 saturated heterocycles. The molecule has 0 aliphatic heterocycles. The van der Waals surface area contributed by atoms with Gasteiger partial charge in [-0.25, -0.2) is 0 Å². The number of carbonyl (C=O) groups excluding carboxylic acids is 1. The van der Waals surface area contributed by atoms with Crippen molar-refractivity contribution in [3.8, 4) is 0 Å². The van der Waals surface area contributed by atoms with Gasteiger partial charge < -0.3 is 16.0 Å². The van der Waals surface area contributed by atoms with Gasteiger partial charge in [-0.3, -0.25) is 4.79 Å². The van der Waals surface area contributed by atoms with Crippen molar-refractivity contribution < 1.29 is 4.79 Å². The van der Waals surface area contributed by atoms with Gasteiger partial charge in [-0.05, 0) is 32.3 Å². The largest absolute Gasteiger partial charge is 0.397 e. The average molecular weight is 228 g/mol. The summed E-state index contributed by atoms with van der Waals surface area (Å²) < 4.78 is 0. The molecule has 0 unspecified atom stereocenters. The maximum absolute atomic E-state index is 11.4. The highest BCUT2D eigenvalue weighted by Gasteiger charge is 2.06. The number of hydrogen-bond donors (Lipinski definition) is 2. The van der Waals surface area contributed by atoms with Gasteiger partial charge in [-0.2, -0.15) is 0 Å². The van der Waals surface area contributed by atoms with Crippen molar-refractivity contribution in [3.63, 3.8) is 0 Å². The van der Waals surface area contributed by atoms with Gasteiger partial charge in [0.25, 0.3) is 0 Å². The van der Waals surface area contributed by atoms with Crippen LogP contribution in [-0.2, 0) is 4.79 Å². The van der Waals surface area contributed by atoms with Gasteiger partial charge in [-0.1, -0.05) is 11.6 Å². The third kappa shape index (κ3) is 3.77. The van der Waals surface area contributed by atoms with Crippen LogP contribution in [0.15, 0.2) is 18.2 Å². The number of amides is 1. The minimum atomic E-state index is -0.103. The fourth-order valence-electron chi connectivity index (χ4n) is 1.12. The zero-order valence-electron chi connectivity index (χ0n) is 8.75. The lowest BCUT2D eigenvalue weighted by Gasteiger charge is -2.11. The van der Waals surface area contributed by atoms with E-state index in [-0.39, 0.29) is 5.91 Å². The molecule has 1 aromatic rings. The Bertz CT molecular complexity index is 366. The molecule has 0 saturated carbocycles. The van der Waals surface area contributed by atoms with Crippen molar-refractivity contribution in [2.75, 3.05) is 31.7 Å². The summed E-state index contributed by atoms with van der Waals surface area (Å²) in [5.41, 5.74) is 6.74. The van der Waals surface area contributed by atoms with Crippen LogP contribution in [0.4, 0.5) is 11.4 Å². The van der Waals surface area contributed by atoms with Gasteiger partial charge in [0.1, 0.15) is 0 Å². The Morgan fingerprint density at radius 1 is 1.53 bits per heavy atom. The van der Waals surface area contributed by atoms with Crippen LogP contribution in [0.1, 0.15) is 0 Å². The van der Waals surface area contributed by atoms with Crippen molar-refractivity contribution in [2.24, 2.45) is 0 Å². The second-order valence-electron chi connectivity index (χ2n) is 3.52. The molecule has 0 aromatic heterocycles. The van der Waals surface area contributed by atoms with E-state index in [0.717, 1.165) is 0 Å². The van der Waals surface area contributed by atoms with Crippen molar-refractivity contribution in [1.82, 2.24) is 4.90 Å². The number of nitrogens with zero attached hydrogens (tertiary/aromatic N) is 1. The SMILES string of the molecule is CN(C)CC(=O)Nc1ccc(Cl)cc1N. The summed E-state index contributed by atoms with van der Waals surface area (Å²) in [6, 6.07) is 4.97. The molecule has 0 aliphatic carbocycles. The summed E-state index contributed by atoms with van der Waals surface area (Å²) in [4.78, 5) is 13.2. The van der Waals surface area contributed by atoms with Crippen molar-refractivity contribution >= 4 is 28.9 Å². The topological polar surface area (TPSA) is 58.4 Å². The fourth-order valence-corrected chi connectivity index (χ4v) is 1.30. The smallest absolute Gasteiger partial charge is 0.238 e. The van der Waals surface area contributed by atoms with E-state index >= 15 is 0 Å². The predicted molar refractivity (Wildman–Crippen MR) is 63.0 cm³/mol. The first kappa shape index (κ1) is 11.8. The van der Waals surface area contributed by atoms with Crippen LogP contribution in [0, 0.1) is 0 Å². The molecule has 0 bridgehead atoms. The molecule has 0 aliphatic rings. The lowest BCUT2D eigenvalue weighted by molar-refractivity contribution is -0.116. The first-order chi connectivity index (χ1) is 6.99. The Hall–Kier alpha value is -1.26. The summed E-state index contributed by atoms with van der Waals surface area (Å²) in [7, 11) is 3.65. The van der Waals surface area contributed by atoms with E-state index in [1.807, 2.05) is 14.1 Å². The maximum Gasteiger partial charge on any atom is 0.238 e. The Labute approximate surface area is 94.0 Å². The Morgan fingerprint density at radius 2 is 2.20 bits per heavy atom. The van der Waals surface area contributed by atoms with Gasteiger partial charge in [0, 0.05) is 5.02 Å². The van der Waals surface area contributed by atoms with Crippen LogP contribution in [0.2, 0.25) is 5.02 Å². The molecular formula is C10H14ClN3O. The highest BCUT2D eigenvalue weighted by Crippen LogP contribution is 2.22. The normalized spacial score (nSPS) is 10.4. The van der Waals surface area contributed by atoms with Crippen LogP contribution in [0.25, 0.3) is 0 Å². The second kappa shape index (κ2) is 5.00. The van der Waals surface area contributed by atoms with Crippen molar-refractivity contribution in [1.29, 1.82) is 0 Å². The van der Waals surface area contributed by atoms with Crippen LogP contribution in [0.5, 0.6) is 0 Å². The number of nitrogens with one attached hydrogen (secondary N) is 1. The molecule has 1 amide bonds. The van der Waals surface area contributed by atoms with E-state index in [4.69, 9.17) is 17.3 Å². The summed E-state index contributed by atoms with van der Waals surface area (Å²) in [6.07, 6.45) is 0. The third-order valence-electron chi connectivity index (χ3n) is 1.75. The zero-order valence-corrected chi connectivity index (χ0v) is 9.51. The molecule has 0 fully saturated rings. The molecule has 0 heterocycles. The number of nitrogen functional groups attached to an aromatic ring is 1. The van der Waals surface area contributed by atoms with Crippen LogP contribution < -0.4 is 11.1 Å². The van der Waals surface area contributed by atoms with E-state index in [2.05, 4.69) is 5.32 Å². The van der Waals surface area contributed by atoms with E-state index in [0.29, 0.717) is 22.9 Å². The number of likely N-dealkylation sites (N-methyl/N-ethyl adjacent to an activating group) is 1. The first-order valence-electron chi connectivity index (χ1n) is 4.48. The van der Waals surface area contributed by atoms with Gasteiger partial charge >= 0.3 is 0 Å². The van der Waals surface area contributed by atoms with Gasteiger partial charge in [-0.15, -0.1) is 0 Å². The van der Waals surface area contributed by atoms with Crippen LogP contribution >= 0.6 is 11.6 Å². The predicted octanol–water partition coefficient (Wildman–Crippen LogP) is 1.42. The molecule has 0 radical (unpaired) electrons. The number of rotatable bonds is 3. The summed E-state index contributed by atoms with van der Waals surface area (Å²) in [5, 5.41) is 3.26. The number of benzene rings is 1. The van der Waals surface area contributed by atoms with Gasteiger partial charge in [0.15, 0.2) is 0 Å². The van der Waals surface area contributed by atoms with Gasteiger partial charge in [0.2, 0.25) is 5.91 Å². The number of hydrogen-bond acceptors (Lipinski definition) is 3. The second-order valence-corrected chi connectivity index (χ2v) is 3.95. The highest BCUT2D eigenvalue weighted by molar-refractivity contribution is 6.31. The quantitative estimate of drug-likeness (QED) is 0.768. The standard InChI is InChI=1S/C10H14ClN3O/c1-14(2)6-10(15)13-9-4-3-7(11)5-8(9)12/h3-5H,6,12H2,1-2H3,(H,13,15). The molecular weight excluding hydrogens is 214 g/mol. The molecule has 0 spiro atoms. The molecule has 1 rings (SSSR count). The average Bonchev–Trinajstić information content (AvgIpc) is 2.08. The molecule has 3 N–H and O–H groups in total. The molecule has 82 valence electrons. The van der Waals surface area contributed by atoms with Crippen molar-refractivity contribution in [3.05, 3.63) is 23.2 Å². The first-order valence-corrected chi connectivity index (χ1v) is 4.86. The van der Waals surface area contributed by atoms with Gasteiger partial charge in [0.05, 0.1) is 17.9 Å². The number of nitrogens with two attached hydrogens (primary N) is 1. The number of anilines is 2. The zero-order chi connectivity index (χ0) is 11.4. The molecule has 1 aromatic carbocycles. The number of carbonyl (C=O) groups is 1. The lowest BCUT2D eigenvalue weighted by Crippen LogP contribution is -2.27. The maximum atomic E-state index is 11.4. The minimum absolute atomic E-state index is 0.103. The highest BCUT2D eigenvalue weighted by atomic mass is 35.5. The summed E-state index contributed by atoms with van der Waals surface area (Å²) in [5.74, 6) is -0.103. The van der Waals surface area contributed by atoms with E-state index in [9.17, 15) is 4.79 Å². The molecule has 0 atom stereocenters. The minimum Gasteiger partial charge on any atom is -0.397 e. The molecule has 15 heavy (non-hydrogen) atoms. The lowest BCUT2D eigenvalue weighted by atomic mass is 10.2. The van der Waals surface area contributed by atoms with Crippen molar-refractivity contribution in [2.45, 2.75) is 0 Å². The van der Waals surface area contributed by atoms with E-state index in [1.54, 1.807) is 23.1 Å². The monoisotopic (exact) mass is 227 g/mol. The Morgan fingerprint density at radius 3 is 2.73 bits per heavy atom. The van der Waals surface area contributed by atoms with Crippen LogP contribution in [0.3, 0.4) is 0 Å². The van der Waals surface area contributed by atoms with E-state index in [1.165, 1.54) is 0 Å². The van der Waals surface area contributed by atoms with E-state index < -0.39 is 0 Å². The summed E-state index contributed by atoms with van der Waals surface area (Å²) in [6.45, 7) is 0.321. The Kier molecular flexibility index (Phi) is 3.94. The summed E-state index contributed by atoms with van der Waals surface area (Å²) >= 11 is 5.74.